The molecule has 0 nitrogen and oxygen atoms in total. The summed E-state index contributed by atoms with van der Waals surface area (Å²) in [6.45, 7) is 18.7. The maximum Gasteiger partial charge on any atom is 0 e. The van der Waals surface area contributed by atoms with Crippen LogP contribution in [0.5, 0.6) is 0 Å². The predicted octanol–water partition coefficient (Wildman–Crippen LogP) is 5.06. The van der Waals surface area contributed by atoms with Crippen LogP contribution in [0, 0.1) is 35.5 Å². The van der Waals surface area contributed by atoms with E-state index in [2.05, 4.69) is 48.5 Å². The largest absolute Gasteiger partial charge is 0.0599 e. The molecule has 1 saturated carbocycles. The number of hydrogen-bond donors (Lipinski definition) is 0. The van der Waals surface area contributed by atoms with Crippen molar-refractivity contribution >= 4 is 0 Å². The predicted molar refractivity (Wildman–Crippen MR) is 69.7 cm³/mol. The Balaban J connectivity index is 0.00000225. The van der Waals surface area contributed by atoms with Crippen LogP contribution < -0.4 is 0 Å². The Hall–Kier alpha value is 0. The smallest absolute Gasteiger partial charge is 0 e. The number of rotatable bonds is 0. The van der Waals surface area contributed by atoms with E-state index in [4.69, 9.17) is 0 Å². The highest BCUT2D eigenvalue weighted by Gasteiger charge is 2.41. The molecule has 0 saturated heterocycles. The zero-order valence-electron chi connectivity index (χ0n) is 12.6. The van der Waals surface area contributed by atoms with Gasteiger partial charge in [0.05, 0.1) is 0 Å². The topological polar surface area (TPSA) is 0 Å². The van der Waals surface area contributed by atoms with E-state index in [1.54, 1.807) is 0 Å². The molecular formula is C15H30. The van der Waals surface area contributed by atoms with Gasteiger partial charge in [-0.2, -0.15) is 0 Å². The quantitative estimate of drug-likeness (QED) is 0.524. The third kappa shape index (κ3) is 2.98. The van der Waals surface area contributed by atoms with E-state index >= 15 is 0 Å². The monoisotopic (exact) mass is 210 g/mol. The molecule has 0 aliphatic heterocycles. The molecule has 2 unspecified atom stereocenters. The maximum absolute atomic E-state index is 4.49. The minimum Gasteiger partial charge on any atom is -0.0599 e. The van der Waals surface area contributed by atoms with Gasteiger partial charge in [-0.15, -0.1) is 0 Å². The standard InChI is InChI=1S/C15H29.H/c1-11-12(14(2,3)4)9-8-10-13(11)15(5,6)7;/h11-13H,1,8-10H2,2-7H3;. The second kappa shape index (κ2) is 4.11. The van der Waals surface area contributed by atoms with Crippen LogP contribution in [0.2, 0.25) is 0 Å². The molecule has 0 N–H and O–H groups in total. The molecule has 1 fully saturated rings. The average Bonchev–Trinajstić information content (AvgIpc) is 1.99. The molecule has 2 radical (unpaired) electrons. The second-order valence-corrected chi connectivity index (χ2v) is 7.54. The Morgan fingerprint density at radius 2 is 1.20 bits per heavy atom. The van der Waals surface area contributed by atoms with Crippen LogP contribution in [-0.4, -0.2) is 0 Å². The Morgan fingerprint density at radius 1 is 0.867 bits per heavy atom. The van der Waals surface area contributed by atoms with Crippen LogP contribution in [0.15, 0.2) is 0 Å². The molecule has 90 valence electrons. The van der Waals surface area contributed by atoms with Crippen molar-refractivity contribution in [3.8, 4) is 0 Å². The Morgan fingerprint density at radius 3 is 1.47 bits per heavy atom. The molecule has 0 spiro atoms. The van der Waals surface area contributed by atoms with Crippen molar-refractivity contribution in [2.24, 2.45) is 28.6 Å². The highest BCUT2D eigenvalue weighted by Crippen LogP contribution is 2.49. The van der Waals surface area contributed by atoms with Crippen LogP contribution in [-0.2, 0) is 0 Å². The van der Waals surface area contributed by atoms with E-state index in [9.17, 15) is 0 Å². The van der Waals surface area contributed by atoms with Crippen molar-refractivity contribution in [2.75, 3.05) is 0 Å². The Bertz CT molecular complexity index is 184. The fraction of sp³-hybridized carbons (Fsp3) is 0.933. The second-order valence-electron chi connectivity index (χ2n) is 7.54. The molecule has 1 aliphatic carbocycles. The normalized spacial score (nSPS) is 34.2. The molecule has 2 atom stereocenters. The van der Waals surface area contributed by atoms with Gasteiger partial charge in [0, 0.05) is 1.43 Å². The van der Waals surface area contributed by atoms with E-state index in [1.165, 1.54) is 19.3 Å². The lowest BCUT2D eigenvalue weighted by Gasteiger charge is -2.47. The van der Waals surface area contributed by atoms with Gasteiger partial charge < -0.3 is 0 Å². The average molecular weight is 210 g/mol. The molecule has 15 heavy (non-hydrogen) atoms. The Labute approximate surface area is 98.3 Å². The maximum atomic E-state index is 4.49. The van der Waals surface area contributed by atoms with Gasteiger partial charge in [-0.25, -0.2) is 0 Å². The highest BCUT2D eigenvalue weighted by atomic mass is 14.5. The fourth-order valence-corrected chi connectivity index (χ4v) is 3.42. The van der Waals surface area contributed by atoms with E-state index < -0.39 is 0 Å². The summed E-state index contributed by atoms with van der Waals surface area (Å²) in [5, 5.41) is 0. The zero-order valence-corrected chi connectivity index (χ0v) is 11.6. The first-order valence-electron chi connectivity index (χ1n) is 6.47. The molecule has 0 heterocycles. The summed E-state index contributed by atoms with van der Waals surface area (Å²) >= 11 is 0. The summed E-state index contributed by atoms with van der Waals surface area (Å²) < 4.78 is 0. The van der Waals surface area contributed by atoms with Crippen LogP contribution in [0.4, 0.5) is 0 Å². The third-order valence-electron chi connectivity index (χ3n) is 4.29. The summed E-state index contributed by atoms with van der Waals surface area (Å²) in [6, 6.07) is 0. The molecule has 0 bridgehead atoms. The first kappa shape index (κ1) is 13.1. The summed E-state index contributed by atoms with van der Waals surface area (Å²) in [5.41, 5.74) is 0.854. The highest BCUT2D eigenvalue weighted by molar-refractivity contribution is 4.93. The van der Waals surface area contributed by atoms with E-state index in [1.807, 2.05) is 0 Å². The van der Waals surface area contributed by atoms with Crippen LogP contribution in [0.25, 0.3) is 0 Å². The first-order chi connectivity index (χ1) is 6.64. The first-order valence-corrected chi connectivity index (χ1v) is 6.47. The van der Waals surface area contributed by atoms with E-state index in [0.29, 0.717) is 16.7 Å². The minimum atomic E-state index is 0. The third-order valence-corrected chi connectivity index (χ3v) is 4.29. The number of hydrogen-bond acceptors (Lipinski definition) is 0. The van der Waals surface area contributed by atoms with Gasteiger partial charge in [-0.05, 0) is 48.3 Å². The molecule has 1 aliphatic rings. The van der Waals surface area contributed by atoms with Crippen molar-refractivity contribution in [1.82, 2.24) is 0 Å². The summed E-state index contributed by atoms with van der Waals surface area (Å²) in [7, 11) is 0. The SMILES string of the molecule is [CH2]C1C(C(C)(C)C)CCCC1C(C)(C)C.[H]. The molecular weight excluding hydrogens is 180 g/mol. The minimum absolute atomic E-state index is 0. The summed E-state index contributed by atoms with van der Waals surface area (Å²) in [6.07, 6.45) is 4.16. The fourth-order valence-electron chi connectivity index (χ4n) is 3.42. The zero-order chi connectivity index (χ0) is 11.9. The van der Waals surface area contributed by atoms with Crippen LogP contribution in [0.3, 0.4) is 0 Å². The van der Waals surface area contributed by atoms with Crippen molar-refractivity contribution in [3.05, 3.63) is 6.92 Å². The van der Waals surface area contributed by atoms with Gasteiger partial charge in [0.15, 0.2) is 0 Å². The van der Waals surface area contributed by atoms with Gasteiger partial charge in [0.25, 0.3) is 0 Å². The lowest BCUT2D eigenvalue weighted by Crippen LogP contribution is -2.39. The van der Waals surface area contributed by atoms with E-state index in [-0.39, 0.29) is 1.43 Å². The summed E-state index contributed by atoms with van der Waals surface area (Å²) in [5.74, 6) is 2.24. The molecule has 0 aromatic heterocycles. The molecule has 0 amide bonds. The van der Waals surface area contributed by atoms with Gasteiger partial charge in [-0.3, -0.25) is 0 Å². The lowest BCUT2D eigenvalue weighted by molar-refractivity contribution is 0.0334. The van der Waals surface area contributed by atoms with Crippen LogP contribution >= 0.6 is 0 Å². The molecule has 0 aromatic rings. The van der Waals surface area contributed by atoms with Gasteiger partial charge >= 0.3 is 0 Å². The van der Waals surface area contributed by atoms with Crippen molar-refractivity contribution in [2.45, 2.75) is 60.8 Å². The van der Waals surface area contributed by atoms with E-state index in [0.717, 1.165) is 11.8 Å². The van der Waals surface area contributed by atoms with Gasteiger partial charge in [-0.1, -0.05) is 48.0 Å². The van der Waals surface area contributed by atoms with Crippen molar-refractivity contribution < 1.29 is 1.43 Å². The van der Waals surface area contributed by atoms with Crippen molar-refractivity contribution in [1.29, 1.82) is 0 Å². The molecule has 0 aromatic carbocycles. The lowest BCUT2D eigenvalue weighted by atomic mass is 9.58. The van der Waals surface area contributed by atoms with Crippen molar-refractivity contribution in [3.63, 3.8) is 0 Å². The molecule has 0 heteroatoms. The Kier molecular flexibility index (Phi) is 3.58. The molecule has 1 rings (SSSR count). The van der Waals surface area contributed by atoms with Gasteiger partial charge in [0.2, 0.25) is 0 Å². The van der Waals surface area contributed by atoms with Gasteiger partial charge in [0.1, 0.15) is 0 Å². The summed E-state index contributed by atoms with van der Waals surface area (Å²) in [4.78, 5) is 0. The van der Waals surface area contributed by atoms with Crippen LogP contribution in [0.1, 0.15) is 62.2 Å².